The fourth-order valence-electron chi connectivity index (χ4n) is 1.70. The molecule has 1 aromatic heterocycles. The van der Waals surface area contributed by atoms with Crippen LogP contribution in [0.25, 0.3) is 0 Å². The predicted molar refractivity (Wildman–Crippen MR) is 68.0 cm³/mol. The van der Waals surface area contributed by atoms with E-state index in [-0.39, 0.29) is 11.2 Å². The molecule has 0 aliphatic rings. The number of hydrogen-bond acceptors (Lipinski definition) is 3. The minimum Gasteiger partial charge on any atom is -0.497 e. The van der Waals surface area contributed by atoms with Gasteiger partial charge in [-0.25, -0.2) is 4.79 Å². The third-order valence-corrected chi connectivity index (χ3v) is 2.73. The summed E-state index contributed by atoms with van der Waals surface area (Å²) < 4.78 is 6.24. The van der Waals surface area contributed by atoms with Gasteiger partial charge in [-0.15, -0.1) is 0 Å². The summed E-state index contributed by atoms with van der Waals surface area (Å²) in [6.07, 6.45) is 1.98. The third kappa shape index (κ3) is 2.68. The van der Waals surface area contributed by atoms with Gasteiger partial charge in [-0.1, -0.05) is 12.1 Å². The van der Waals surface area contributed by atoms with Gasteiger partial charge in [-0.05, 0) is 24.1 Å². The van der Waals surface area contributed by atoms with Crippen molar-refractivity contribution < 1.29 is 4.74 Å². The van der Waals surface area contributed by atoms with Crippen LogP contribution in [0.4, 0.5) is 0 Å². The van der Waals surface area contributed by atoms with E-state index in [4.69, 9.17) is 4.74 Å². The van der Waals surface area contributed by atoms with Gasteiger partial charge in [-0.2, -0.15) is 0 Å². The van der Waals surface area contributed by atoms with E-state index < -0.39 is 0 Å². The Bertz CT molecular complexity index is 597. The molecule has 0 unspecified atom stereocenters. The van der Waals surface area contributed by atoms with E-state index in [2.05, 4.69) is 4.98 Å². The van der Waals surface area contributed by atoms with E-state index in [9.17, 15) is 9.59 Å². The topological polar surface area (TPSA) is 64.1 Å². The Hall–Kier alpha value is -2.30. The Morgan fingerprint density at radius 3 is 2.50 bits per heavy atom. The Morgan fingerprint density at radius 1 is 1.17 bits per heavy atom. The summed E-state index contributed by atoms with van der Waals surface area (Å²) in [5, 5.41) is 0. The van der Waals surface area contributed by atoms with Gasteiger partial charge in [0.2, 0.25) is 0 Å². The highest BCUT2D eigenvalue weighted by molar-refractivity contribution is 5.27. The maximum Gasteiger partial charge on any atom is 0.328 e. The average Bonchev–Trinajstić information content (AvgIpc) is 2.39. The molecule has 0 saturated heterocycles. The number of hydrogen-bond donors (Lipinski definition) is 1. The van der Waals surface area contributed by atoms with Crippen LogP contribution in [0, 0.1) is 0 Å². The molecule has 0 aliphatic carbocycles. The summed E-state index contributed by atoms with van der Waals surface area (Å²) in [7, 11) is 1.61. The van der Waals surface area contributed by atoms with Gasteiger partial charge >= 0.3 is 5.69 Å². The number of nitrogens with one attached hydrogen (secondary N) is 1. The lowest BCUT2D eigenvalue weighted by Gasteiger charge is -2.05. The van der Waals surface area contributed by atoms with E-state index >= 15 is 0 Å². The highest BCUT2D eigenvalue weighted by Gasteiger charge is 2.01. The first-order valence-electron chi connectivity index (χ1n) is 5.62. The van der Waals surface area contributed by atoms with Crippen LogP contribution in [-0.2, 0) is 13.0 Å². The van der Waals surface area contributed by atoms with Crippen molar-refractivity contribution in [3.05, 3.63) is 62.9 Å². The largest absolute Gasteiger partial charge is 0.497 e. The molecule has 1 heterocycles. The highest BCUT2D eigenvalue weighted by Crippen LogP contribution is 2.11. The van der Waals surface area contributed by atoms with Crippen LogP contribution >= 0.6 is 0 Å². The van der Waals surface area contributed by atoms with Crippen molar-refractivity contribution in [1.82, 2.24) is 9.55 Å². The van der Waals surface area contributed by atoms with Crippen molar-refractivity contribution in [2.45, 2.75) is 13.0 Å². The lowest BCUT2D eigenvalue weighted by Crippen LogP contribution is -2.34. The first-order chi connectivity index (χ1) is 8.70. The Morgan fingerprint density at radius 2 is 1.89 bits per heavy atom. The third-order valence-electron chi connectivity index (χ3n) is 2.73. The van der Waals surface area contributed by atoms with Crippen molar-refractivity contribution in [2.24, 2.45) is 0 Å². The first kappa shape index (κ1) is 12.2. The lowest BCUT2D eigenvalue weighted by molar-refractivity contribution is 0.414. The molecule has 2 aromatic rings. The molecule has 94 valence electrons. The zero-order valence-electron chi connectivity index (χ0n) is 10.1. The van der Waals surface area contributed by atoms with Gasteiger partial charge < -0.3 is 9.72 Å². The Labute approximate surface area is 104 Å². The van der Waals surface area contributed by atoms with Crippen LogP contribution < -0.4 is 16.0 Å². The second-order valence-corrected chi connectivity index (χ2v) is 3.87. The average molecular weight is 246 g/mol. The molecule has 5 heteroatoms. The minimum absolute atomic E-state index is 0.285. The molecule has 0 saturated carbocycles. The first-order valence-corrected chi connectivity index (χ1v) is 5.62. The molecule has 0 aliphatic heterocycles. The molecule has 0 amide bonds. The van der Waals surface area contributed by atoms with Gasteiger partial charge in [0.25, 0.3) is 5.56 Å². The van der Waals surface area contributed by atoms with Gasteiger partial charge in [-0.3, -0.25) is 9.36 Å². The number of ether oxygens (including phenoxy) is 1. The minimum atomic E-state index is -0.379. The summed E-state index contributed by atoms with van der Waals surface area (Å²) in [5.74, 6) is 0.786. The molecule has 0 spiro atoms. The fraction of sp³-hybridized carbons (Fsp3) is 0.231. The number of rotatable bonds is 4. The number of methoxy groups -OCH3 is 1. The monoisotopic (exact) mass is 246 g/mol. The van der Waals surface area contributed by atoms with Crippen molar-refractivity contribution in [3.63, 3.8) is 0 Å². The molecule has 0 bridgehead atoms. The molecule has 0 radical (unpaired) electrons. The zero-order chi connectivity index (χ0) is 13.0. The van der Waals surface area contributed by atoms with Crippen LogP contribution in [0.1, 0.15) is 5.56 Å². The molecular weight excluding hydrogens is 232 g/mol. The second-order valence-electron chi connectivity index (χ2n) is 3.87. The normalized spacial score (nSPS) is 10.3. The number of H-pyrrole nitrogens is 1. The van der Waals surface area contributed by atoms with Gasteiger partial charge in [0.15, 0.2) is 0 Å². The maximum atomic E-state index is 11.5. The van der Waals surface area contributed by atoms with Gasteiger partial charge in [0.05, 0.1) is 7.11 Å². The highest BCUT2D eigenvalue weighted by atomic mass is 16.5. The molecule has 1 aromatic carbocycles. The number of nitrogens with zero attached hydrogens (tertiary/aromatic N) is 1. The summed E-state index contributed by atoms with van der Waals surface area (Å²) >= 11 is 0. The standard InChI is InChI=1S/C13H14N2O3/c1-18-11-4-2-10(3-5-11)7-9-15-12(16)6-8-14-13(15)17/h2-6,8H,7,9H2,1H3,(H,14,17). The van der Waals surface area contributed by atoms with Crippen LogP contribution in [0.2, 0.25) is 0 Å². The Balaban J connectivity index is 2.11. The van der Waals surface area contributed by atoms with Crippen LogP contribution in [0.3, 0.4) is 0 Å². The number of aromatic amines is 1. The van der Waals surface area contributed by atoms with Gasteiger partial charge in [0.1, 0.15) is 5.75 Å². The van der Waals surface area contributed by atoms with E-state index in [1.807, 2.05) is 24.3 Å². The number of aryl methyl sites for hydroxylation is 1. The van der Waals surface area contributed by atoms with E-state index in [1.165, 1.54) is 16.8 Å². The summed E-state index contributed by atoms with van der Waals surface area (Å²) in [4.78, 5) is 25.4. The smallest absolute Gasteiger partial charge is 0.328 e. The number of aromatic nitrogens is 2. The summed E-state index contributed by atoms with van der Waals surface area (Å²) in [6, 6.07) is 8.89. The van der Waals surface area contributed by atoms with E-state index in [0.29, 0.717) is 13.0 Å². The maximum absolute atomic E-state index is 11.5. The van der Waals surface area contributed by atoms with Crippen molar-refractivity contribution in [2.75, 3.05) is 7.11 Å². The quantitative estimate of drug-likeness (QED) is 0.867. The van der Waals surface area contributed by atoms with Crippen molar-refractivity contribution in [3.8, 4) is 5.75 Å². The Kier molecular flexibility index (Phi) is 3.62. The van der Waals surface area contributed by atoms with E-state index in [0.717, 1.165) is 11.3 Å². The molecule has 2 rings (SSSR count). The van der Waals surface area contributed by atoms with Crippen molar-refractivity contribution in [1.29, 1.82) is 0 Å². The second kappa shape index (κ2) is 5.35. The molecule has 5 nitrogen and oxygen atoms in total. The zero-order valence-corrected chi connectivity index (χ0v) is 10.1. The predicted octanol–water partition coefficient (Wildman–Crippen LogP) is 0.788. The fourth-order valence-corrected chi connectivity index (χ4v) is 1.70. The molecule has 18 heavy (non-hydrogen) atoms. The van der Waals surface area contributed by atoms with E-state index in [1.54, 1.807) is 7.11 Å². The molecule has 0 atom stereocenters. The molecular formula is C13H14N2O3. The summed E-state index contributed by atoms with van der Waals surface area (Å²) in [6.45, 7) is 0.362. The molecule has 1 N–H and O–H groups in total. The SMILES string of the molecule is COc1ccc(CCn2c(=O)cc[nH]c2=O)cc1. The lowest BCUT2D eigenvalue weighted by atomic mass is 10.1. The number of benzene rings is 1. The summed E-state index contributed by atoms with van der Waals surface area (Å²) in [5.41, 5.74) is 0.384. The van der Waals surface area contributed by atoms with Crippen molar-refractivity contribution >= 4 is 0 Å². The van der Waals surface area contributed by atoms with Crippen LogP contribution in [-0.4, -0.2) is 16.7 Å². The molecule has 0 fully saturated rings. The van der Waals surface area contributed by atoms with Gasteiger partial charge in [0, 0.05) is 18.8 Å². The van der Waals surface area contributed by atoms with Crippen LogP contribution in [0.15, 0.2) is 46.1 Å². The van der Waals surface area contributed by atoms with Crippen LogP contribution in [0.5, 0.6) is 5.75 Å².